The van der Waals surface area contributed by atoms with Crippen LogP contribution in [0.4, 0.5) is 0 Å². The maximum atomic E-state index is 12.2. The number of amides is 1. The smallest absolute Gasteiger partial charge is 0.251 e. The SMILES string of the molecule is O=C(NCc1cn[nH]c1)c1cccc2c1CCNC2. The number of carbonyl (C=O) groups excluding carboxylic acids is 1. The molecule has 98 valence electrons. The van der Waals surface area contributed by atoms with Crippen molar-refractivity contribution >= 4 is 5.91 Å². The Morgan fingerprint density at radius 1 is 1.42 bits per heavy atom. The van der Waals surface area contributed by atoms with E-state index in [4.69, 9.17) is 0 Å². The average Bonchev–Trinajstić information content (AvgIpc) is 2.97. The first-order chi connectivity index (χ1) is 9.34. The minimum atomic E-state index is -0.0139. The summed E-state index contributed by atoms with van der Waals surface area (Å²) in [4.78, 5) is 12.2. The van der Waals surface area contributed by atoms with Crippen LogP contribution in [0.1, 0.15) is 27.0 Å². The molecule has 3 N–H and O–H groups in total. The molecule has 0 atom stereocenters. The first-order valence-corrected chi connectivity index (χ1v) is 6.42. The molecular formula is C14H16N4O. The summed E-state index contributed by atoms with van der Waals surface area (Å²) in [6.07, 6.45) is 4.40. The number of hydrogen-bond acceptors (Lipinski definition) is 3. The molecule has 2 heterocycles. The van der Waals surface area contributed by atoms with Gasteiger partial charge < -0.3 is 10.6 Å². The average molecular weight is 256 g/mol. The molecule has 0 radical (unpaired) electrons. The standard InChI is InChI=1S/C14H16N4O/c19-14(16-6-10-7-17-18-8-10)13-3-1-2-11-9-15-5-4-12(11)13/h1-3,7-8,15H,4-6,9H2,(H,16,19)(H,17,18). The van der Waals surface area contributed by atoms with E-state index in [0.29, 0.717) is 6.54 Å². The quantitative estimate of drug-likeness (QED) is 0.767. The Hall–Kier alpha value is -2.14. The van der Waals surface area contributed by atoms with Crippen LogP contribution in [0, 0.1) is 0 Å². The van der Waals surface area contributed by atoms with Crippen LogP contribution in [-0.2, 0) is 19.5 Å². The zero-order valence-corrected chi connectivity index (χ0v) is 10.6. The lowest BCUT2D eigenvalue weighted by Gasteiger charge is -2.19. The molecule has 5 heteroatoms. The summed E-state index contributed by atoms with van der Waals surface area (Å²) in [5, 5.41) is 12.8. The molecule has 0 spiro atoms. The number of aromatic amines is 1. The van der Waals surface area contributed by atoms with Crippen LogP contribution in [0.5, 0.6) is 0 Å². The van der Waals surface area contributed by atoms with Crippen LogP contribution in [0.3, 0.4) is 0 Å². The van der Waals surface area contributed by atoms with E-state index in [1.807, 2.05) is 12.1 Å². The van der Waals surface area contributed by atoms with Gasteiger partial charge >= 0.3 is 0 Å². The maximum Gasteiger partial charge on any atom is 0.251 e. The number of hydrogen-bond donors (Lipinski definition) is 3. The van der Waals surface area contributed by atoms with Crippen molar-refractivity contribution in [3.63, 3.8) is 0 Å². The second kappa shape index (κ2) is 5.24. The number of aromatic nitrogens is 2. The van der Waals surface area contributed by atoms with Gasteiger partial charge in [0.15, 0.2) is 0 Å². The zero-order valence-electron chi connectivity index (χ0n) is 10.6. The summed E-state index contributed by atoms with van der Waals surface area (Å²) < 4.78 is 0. The Kier molecular flexibility index (Phi) is 3.29. The van der Waals surface area contributed by atoms with Gasteiger partial charge in [-0.25, -0.2) is 0 Å². The van der Waals surface area contributed by atoms with E-state index in [0.717, 1.165) is 30.6 Å². The molecule has 1 amide bonds. The molecule has 2 aromatic rings. The second-order valence-corrected chi connectivity index (χ2v) is 4.66. The van der Waals surface area contributed by atoms with Gasteiger partial charge in [-0.15, -0.1) is 0 Å². The van der Waals surface area contributed by atoms with E-state index < -0.39 is 0 Å². The van der Waals surface area contributed by atoms with Crippen molar-refractivity contribution in [2.45, 2.75) is 19.5 Å². The number of nitrogens with one attached hydrogen (secondary N) is 3. The minimum absolute atomic E-state index is 0.0139. The van der Waals surface area contributed by atoms with E-state index in [-0.39, 0.29) is 5.91 Å². The lowest BCUT2D eigenvalue weighted by atomic mass is 9.95. The van der Waals surface area contributed by atoms with Crippen molar-refractivity contribution in [3.8, 4) is 0 Å². The Labute approximate surface area is 111 Å². The van der Waals surface area contributed by atoms with Crippen molar-refractivity contribution in [1.29, 1.82) is 0 Å². The van der Waals surface area contributed by atoms with Crippen molar-refractivity contribution in [3.05, 3.63) is 52.8 Å². The Balaban J connectivity index is 1.76. The summed E-state index contributed by atoms with van der Waals surface area (Å²) in [5.41, 5.74) is 4.16. The molecule has 0 aliphatic carbocycles. The van der Waals surface area contributed by atoms with Crippen molar-refractivity contribution in [2.24, 2.45) is 0 Å². The maximum absolute atomic E-state index is 12.2. The van der Waals surface area contributed by atoms with Gasteiger partial charge in [0.05, 0.1) is 6.20 Å². The first kappa shape index (κ1) is 11.9. The third-order valence-corrected chi connectivity index (χ3v) is 3.39. The predicted octanol–water partition coefficient (Wildman–Crippen LogP) is 0.985. The monoisotopic (exact) mass is 256 g/mol. The molecular weight excluding hydrogens is 240 g/mol. The molecule has 1 aromatic heterocycles. The predicted molar refractivity (Wildman–Crippen MR) is 71.6 cm³/mol. The fourth-order valence-corrected chi connectivity index (χ4v) is 2.40. The molecule has 1 aliphatic rings. The van der Waals surface area contributed by atoms with Gasteiger partial charge in [0, 0.05) is 30.4 Å². The van der Waals surface area contributed by atoms with E-state index in [1.54, 1.807) is 12.4 Å². The van der Waals surface area contributed by atoms with E-state index in [9.17, 15) is 4.79 Å². The lowest BCUT2D eigenvalue weighted by molar-refractivity contribution is 0.0949. The highest BCUT2D eigenvalue weighted by Gasteiger charge is 2.16. The van der Waals surface area contributed by atoms with E-state index in [2.05, 4.69) is 26.9 Å². The van der Waals surface area contributed by atoms with Crippen LogP contribution in [-0.4, -0.2) is 22.6 Å². The van der Waals surface area contributed by atoms with Crippen molar-refractivity contribution in [2.75, 3.05) is 6.54 Å². The van der Waals surface area contributed by atoms with Crippen LogP contribution < -0.4 is 10.6 Å². The van der Waals surface area contributed by atoms with Crippen LogP contribution in [0.2, 0.25) is 0 Å². The summed E-state index contributed by atoms with van der Waals surface area (Å²) in [5.74, 6) is -0.0139. The topological polar surface area (TPSA) is 69.8 Å². The summed E-state index contributed by atoms with van der Waals surface area (Å²) in [6.45, 7) is 2.27. The summed E-state index contributed by atoms with van der Waals surface area (Å²) in [6, 6.07) is 5.92. The fourth-order valence-electron chi connectivity index (χ4n) is 2.40. The summed E-state index contributed by atoms with van der Waals surface area (Å²) >= 11 is 0. The zero-order chi connectivity index (χ0) is 13.1. The van der Waals surface area contributed by atoms with Crippen LogP contribution in [0.15, 0.2) is 30.6 Å². The molecule has 19 heavy (non-hydrogen) atoms. The number of nitrogens with zero attached hydrogens (tertiary/aromatic N) is 1. The molecule has 5 nitrogen and oxygen atoms in total. The third kappa shape index (κ3) is 2.51. The molecule has 0 unspecified atom stereocenters. The molecule has 0 bridgehead atoms. The van der Waals surface area contributed by atoms with Crippen molar-refractivity contribution < 1.29 is 4.79 Å². The highest BCUT2D eigenvalue weighted by atomic mass is 16.1. The molecule has 1 aliphatic heterocycles. The number of rotatable bonds is 3. The van der Waals surface area contributed by atoms with Crippen LogP contribution >= 0.6 is 0 Å². The normalized spacial score (nSPS) is 13.9. The molecule has 3 rings (SSSR count). The number of H-pyrrole nitrogens is 1. The van der Waals surface area contributed by atoms with Gasteiger partial charge in [-0.2, -0.15) is 5.10 Å². The van der Waals surface area contributed by atoms with Gasteiger partial charge in [-0.3, -0.25) is 9.89 Å². The lowest BCUT2D eigenvalue weighted by Crippen LogP contribution is -2.29. The largest absolute Gasteiger partial charge is 0.348 e. The Morgan fingerprint density at radius 3 is 3.21 bits per heavy atom. The molecule has 1 aromatic carbocycles. The van der Waals surface area contributed by atoms with E-state index >= 15 is 0 Å². The van der Waals surface area contributed by atoms with Gasteiger partial charge in [-0.1, -0.05) is 12.1 Å². The number of fused-ring (bicyclic) bond motifs is 1. The fraction of sp³-hybridized carbons (Fsp3) is 0.286. The molecule has 0 saturated carbocycles. The van der Waals surface area contributed by atoms with Gasteiger partial charge in [-0.05, 0) is 30.2 Å². The number of carbonyl (C=O) groups is 1. The first-order valence-electron chi connectivity index (χ1n) is 6.42. The minimum Gasteiger partial charge on any atom is -0.348 e. The molecule has 0 fully saturated rings. The van der Waals surface area contributed by atoms with Gasteiger partial charge in [0.1, 0.15) is 0 Å². The van der Waals surface area contributed by atoms with E-state index in [1.165, 1.54) is 11.1 Å². The number of benzene rings is 1. The molecule has 0 saturated heterocycles. The van der Waals surface area contributed by atoms with Crippen molar-refractivity contribution in [1.82, 2.24) is 20.8 Å². The highest BCUT2D eigenvalue weighted by molar-refractivity contribution is 5.96. The Morgan fingerprint density at radius 2 is 2.37 bits per heavy atom. The van der Waals surface area contributed by atoms with Gasteiger partial charge in [0.2, 0.25) is 0 Å². The van der Waals surface area contributed by atoms with Crippen LogP contribution in [0.25, 0.3) is 0 Å². The Bertz CT molecular complexity index is 577. The third-order valence-electron chi connectivity index (χ3n) is 3.39. The van der Waals surface area contributed by atoms with Gasteiger partial charge in [0.25, 0.3) is 5.91 Å². The second-order valence-electron chi connectivity index (χ2n) is 4.66. The summed E-state index contributed by atoms with van der Waals surface area (Å²) in [7, 11) is 0. The highest BCUT2D eigenvalue weighted by Crippen LogP contribution is 2.18.